The quantitative estimate of drug-likeness (QED) is 0.489. The molecule has 20 heavy (non-hydrogen) atoms. The predicted molar refractivity (Wildman–Crippen MR) is 81.0 cm³/mol. The second-order valence-corrected chi connectivity index (χ2v) is 5.51. The maximum absolute atomic E-state index is 9.83. The lowest BCUT2D eigenvalue weighted by molar-refractivity contribution is 0.0480. The molecule has 5 nitrogen and oxygen atoms in total. The molecule has 1 unspecified atom stereocenters. The summed E-state index contributed by atoms with van der Waals surface area (Å²) in [5.41, 5.74) is -0.168. The Labute approximate surface area is 123 Å². The highest BCUT2D eigenvalue weighted by molar-refractivity contribution is 5.02. The largest absolute Gasteiger partial charge is 0.394 e. The van der Waals surface area contributed by atoms with E-state index in [1.54, 1.807) is 0 Å². The molecule has 1 aliphatic rings. The number of rotatable bonds is 13. The smallest absolute Gasteiger partial charge is 0.0628 e. The normalized spacial score (nSPS) is 18.4. The molecular weight excluding hydrogens is 256 g/mol. The monoisotopic (exact) mass is 288 g/mol. The first-order valence-corrected chi connectivity index (χ1v) is 7.90. The molecule has 0 aromatic rings. The molecule has 0 saturated heterocycles. The molecule has 0 radical (unpaired) electrons. The van der Waals surface area contributed by atoms with E-state index in [9.17, 15) is 5.11 Å². The summed E-state index contributed by atoms with van der Waals surface area (Å²) in [5.74, 6) is 0.596. The van der Waals surface area contributed by atoms with Gasteiger partial charge in [0.05, 0.1) is 25.4 Å². The topological polar surface area (TPSA) is 54.0 Å². The first-order chi connectivity index (χ1) is 9.72. The van der Waals surface area contributed by atoms with Crippen molar-refractivity contribution in [1.29, 1.82) is 0 Å². The van der Waals surface area contributed by atoms with Gasteiger partial charge >= 0.3 is 0 Å². The minimum absolute atomic E-state index is 0.168. The van der Waals surface area contributed by atoms with Crippen molar-refractivity contribution >= 4 is 0 Å². The maximum Gasteiger partial charge on any atom is 0.0628 e. The summed E-state index contributed by atoms with van der Waals surface area (Å²) >= 11 is 0. The Kier molecular flexibility index (Phi) is 8.64. The van der Waals surface area contributed by atoms with Crippen LogP contribution < -0.4 is 5.32 Å². The Morgan fingerprint density at radius 3 is 2.05 bits per heavy atom. The van der Waals surface area contributed by atoms with Gasteiger partial charge in [-0.05, 0) is 39.7 Å². The predicted octanol–water partition coefficient (Wildman–Crippen LogP) is 0.722. The van der Waals surface area contributed by atoms with Crippen LogP contribution in [0.2, 0.25) is 0 Å². The molecule has 1 rings (SSSR count). The summed E-state index contributed by atoms with van der Waals surface area (Å²) in [4.78, 5) is 2.34. The molecule has 0 aliphatic heterocycles. The van der Waals surface area contributed by atoms with E-state index in [4.69, 9.17) is 9.47 Å². The lowest BCUT2D eigenvalue weighted by Gasteiger charge is -2.37. The lowest BCUT2D eigenvalue weighted by Crippen LogP contribution is -2.57. The molecule has 0 amide bonds. The van der Waals surface area contributed by atoms with Crippen molar-refractivity contribution in [2.75, 3.05) is 59.7 Å². The van der Waals surface area contributed by atoms with Crippen LogP contribution in [0.5, 0.6) is 0 Å². The second kappa shape index (κ2) is 9.68. The van der Waals surface area contributed by atoms with Gasteiger partial charge in [-0.25, -0.2) is 0 Å². The SMILES string of the molecule is CCOCCN(CCOCC)CC(CO)(NC)C1CC1. The Hall–Kier alpha value is -0.200. The Bertz CT molecular complexity index is 233. The van der Waals surface area contributed by atoms with Crippen LogP contribution >= 0.6 is 0 Å². The number of hydrogen-bond acceptors (Lipinski definition) is 5. The zero-order chi connectivity index (χ0) is 14.8. The molecule has 0 heterocycles. The van der Waals surface area contributed by atoms with Crippen molar-refractivity contribution in [2.24, 2.45) is 5.92 Å². The molecule has 2 N–H and O–H groups in total. The van der Waals surface area contributed by atoms with Gasteiger partial charge in [0.25, 0.3) is 0 Å². The average molecular weight is 288 g/mol. The fourth-order valence-corrected chi connectivity index (χ4v) is 2.65. The van der Waals surface area contributed by atoms with E-state index in [-0.39, 0.29) is 12.1 Å². The third-order valence-electron chi connectivity index (χ3n) is 4.16. The highest BCUT2D eigenvalue weighted by Gasteiger charge is 2.44. The summed E-state index contributed by atoms with van der Waals surface area (Å²) < 4.78 is 10.9. The van der Waals surface area contributed by atoms with E-state index >= 15 is 0 Å². The molecule has 120 valence electrons. The van der Waals surface area contributed by atoms with Crippen LogP contribution in [-0.2, 0) is 9.47 Å². The van der Waals surface area contributed by atoms with Crippen molar-refractivity contribution in [3.05, 3.63) is 0 Å². The first-order valence-electron chi connectivity index (χ1n) is 7.90. The van der Waals surface area contributed by atoms with Gasteiger partial charge in [-0.2, -0.15) is 0 Å². The zero-order valence-electron chi connectivity index (χ0n) is 13.4. The maximum atomic E-state index is 9.83. The van der Waals surface area contributed by atoms with Crippen molar-refractivity contribution in [1.82, 2.24) is 10.2 Å². The number of aliphatic hydroxyl groups excluding tert-OH is 1. The fourth-order valence-electron chi connectivity index (χ4n) is 2.65. The van der Waals surface area contributed by atoms with Gasteiger partial charge in [-0.15, -0.1) is 0 Å². The third-order valence-corrected chi connectivity index (χ3v) is 4.16. The van der Waals surface area contributed by atoms with Crippen LogP contribution in [0.4, 0.5) is 0 Å². The standard InChI is InChI=1S/C15H32N2O3/c1-4-19-10-8-17(9-11-20-5-2)12-15(13-18,16-3)14-6-7-14/h14,16,18H,4-13H2,1-3H3. The summed E-state index contributed by atoms with van der Waals surface area (Å²) in [6.07, 6.45) is 2.43. The van der Waals surface area contributed by atoms with Crippen molar-refractivity contribution in [3.63, 3.8) is 0 Å². The Morgan fingerprint density at radius 2 is 1.70 bits per heavy atom. The van der Waals surface area contributed by atoms with Gasteiger partial charge in [0, 0.05) is 32.8 Å². The minimum Gasteiger partial charge on any atom is -0.394 e. The van der Waals surface area contributed by atoms with Crippen molar-refractivity contribution in [3.8, 4) is 0 Å². The fraction of sp³-hybridized carbons (Fsp3) is 1.00. The van der Waals surface area contributed by atoms with E-state index < -0.39 is 0 Å². The number of nitrogens with one attached hydrogen (secondary N) is 1. The zero-order valence-corrected chi connectivity index (χ0v) is 13.4. The number of hydrogen-bond donors (Lipinski definition) is 2. The van der Waals surface area contributed by atoms with E-state index in [0.29, 0.717) is 5.92 Å². The van der Waals surface area contributed by atoms with Crippen LogP contribution in [-0.4, -0.2) is 75.3 Å². The molecule has 0 spiro atoms. The highest BCUT2D eigenvalue weighted by atomic mass is 16.5. The summed E-state index contributed by atoms with van der Waals surface area (Å²) in [6.45, 7) is 9.81. The van der Waals surface area contributed by atoms with Crippen molar-refractivity contribution in [2.45, 2.75) is 32.2 Å². The Morgan fingerprint density at radius 1 is 1.15 bits per heavy atom. The molecule has 1 saturated carbocycles. The number of ether oxygens (including phenoxy) is 2. The molecule has 1 fully saturated rings. The third kappa shape index (κ3) is 5.66. The number of nitrogens with zero attached hydrogens (tertiary/aromatic N) is 1. The molecule has 0 aromatic heterocycles. The van der Waals surface area contributed by atoms with Gasteiger partial charge < -0.3 is 19.9 Å². The van der Waals surface area contributed by atoms with E-state index in [2.05, 4.69) is 10.2 Å². The second-order valence-electron chi connectivity index (χ2n) is 5.51. The Balaban J connectivity index is 2.50. The van der Waals surface area contributed by atoms with Gasteiger partial charge in [0.15, 0.2) is 0 Å². The lowest BCUT2D eigenvalue weighted by atomic mass is 9.93. The summed E-state index contributed by atoms with van der Waals surface area (Å²) in [6, 6.07) is 0. The summed E-state index contributed by atoms with van der Waals surface area (Å²) in [5, 5.41) is 13.2. The van der Waals surface area contributed by atoms with Gasteiger partial charge in [0.2, 0.25) is 0 Å². The molecule has 0 bridgehead atoms. The van der Waals surface area contributed by atoms with Crippen LogP contribution in [0.1, 0.15) is 26.7 Å². The van der Waals surface area contributed by atoms with Gasteiger partial charge in [-0.3, -0.25) is 4.90 Å². The molecular formula is C15H32N2O3. The number of likely N-dealkylation sites (N-methyl/N-ethyl adjacent to an activating group) is 1. The van der Waals surface area contributed by atoms with Crippen LogP contribution in [0.3, 0.4) is 0 Å². The summed E-state index contributed by atoms with van der Waals surface area (Å²) in [7, 11) is 1.96. The molecule has 1 aliphatic carbocycles. The minimum atomic E-state index is -0.168. The van der Waals surface area contributed by atoms with Crippen LogP contribution in [0.25, 0.3) is 0 Å². The first kappa shape index (κ1) is 17.9. The average Bonchev–Trinajstić information content (AvgIpc) is 3.30. The van der Waals surface area contributed by atoms with E-state index in [1.807, 2.05) is 20.9 Å². The van der Waals surface area contributed by atoms with E-state index in [1.165, 1.54) is 12.8 Å². The van der Waals surface area contributed by atoms with Gasteiger partial charge in [0.1, 0.15) is 0 Å². The van der Waals surface area contributed by atoms with E-state index in [0.717, 1.165) is 46.1 Å². The molecule has 0 aromatic carbocycles. The number of aliphatic hydroxyl groups is 1. The van der Waals surface area contributed by atoms with Crippen molar-refractivity contribution < 1.29 is 14.6 Å². The van der Waals surface area contributed by atoms with Crippen LogP contribution in [0, 0.1) is 5.92 Å². The molecule has 1 atom stereocenters. The van der Waals surface area contributed by atoms with Crippen LogP contribution in [0.15, 0.2) is 0 Å². The molecule has 5 heteroatoms. The van der Waals surface area contributed by atoms with Gasteiger partial charge in [-0.1, -0.05) is 0 Å². The highest BCUT2D eigenvalue weighted by Crippen LogP contribution is 2.39.